The van der Waals surface area contributed by atoms with Gasteiger partial charge in [0.15, 0.2) is 0 Å². The summed E-state index contributed by atoms with van der Waals surface area (Å²) in [7, 11) is -1.19. The summed E-state index contributed by atoms with van der Waals surface area (Å²) in [6.45, 7) is 3.88. The van der Waals surface area contributed by atoms with Crippen LogP contribution < -0.4 is 4.74 Å². The van der Waals surface area contributed by atoms with Crippen LogP contribution in [0.5, 0.6) is 5.75 Å². The number of halogens is 2. The van der Waals surface area contributed by atoms with Crippen molar-refractivity contribution in [3.63, 3.8) is 0 Å². The van der Waals surface area contributed by atoms with E-state index in [4.69, 9.17) is 16.3 Å². The number of nitrogens with zero attached hydrogens (tertiary/aromatic N) is 2. The second-order valence-corrected chi connectivity index (χ2v) is 11.2. The highest BCUT2D eigenvalue weighted by Crippen LogP contribution is 2.25. The van der Waals surface area contributed by atoms with Crippen molar-refractivity contribution >= 4 is 44.5 Å². The van der Waals surface area contributed by atoms with E-state index in [1.165, 1.54) is 0 Å². The van der Waals surface area contributed by atoms with Gasteiger partial charge in [0, 0.05) is 47.8 Å². The van der Waals surface area contributed by atoms with Crippen LogP contribution in [0.3, 0.4) is 0 Å². The zero-order valence-corrected chi connectivity index (χ0v) is 22.2. The minimum absolute atomic E-state index is 0.0373. The molecule has 0 amide bonds. The second-order valence-electron chi connectivity index (χ2n) is 8.34. The first kappa shape index (κ1) is 25.9. The van der Waals surface area contributed by atoms with E-state index in [0.717, 1.165) is 44.9 Å². The van der Waals surface area contributed by atoms with Crippen LogP contribution in [0.2, 0.25) is 5.02 Å². The Morgan fingerprint density at radius 1 is 0.971 bits per heavy atom. The number of benzene rings is 3. The number of carboxylic acid groups (broad SMARTS) is 1. The number of ether oxygens (including phenoxy) is 1. The summed E-state index contributed by atoms with van der Waals surface area (Å²) in [5, 5.41) is 9.90. The molecule has 1 atom stereocenters. The van der Waals surface area contributed by atoms with Crippen LogP contribution in [-0.4, -0.2) is 50.7 Å². The predicted molar refractivity (Wildman–Crippen MR) is 141 cm³/mol. The van der Waals surface area contributed by atoms with Crippen molar-refractivity contribution in [1.29, 1.82) is 0 Å². The molecular weight excluding hydrogens is 552 g/mol. The first-order valence-electron chi connectivity index (χ1n) is 11.2. The average Bonchev–Trinajstić information content (AvgIpc) is 2.85. The number of carboxylic acids is 1. The molecule has 6 nitrogen and oxygen atoms in total. The highest BCUT2D eigenvalue weighted by atomic mass is 79.9. The van der Waals surface area contributed by atoms with Gasteiger partial charge in [0.25, 0.3) is 0 Å². The molecule has 3 aromatic rings. The molecule has 0 spiro atoms. The van der Waals surface area contributed by atoms with Crippen molar-refractivity contribution in [3.8, 4) is 5.75 Å². The second kappa shape index (κ2) is 12.1. The van der Waals surface area contributed by atoms with E-state index >= 15 is 0 Å². The molecule has 0 radical (unpaired) electrons. The third-order valence-electron chi connectivity index (χ3n) is 5.76. The average molecular weight is 578 g/mol. The molecule has 0 bridgehead atoms. The normalized spacial score (nSPS) is 15.6. The highest BCUT2D eigenvalue weighted by molar-refractivity contribution is 9.10. The number of rotatable bonds is 9. The maximum atomic E-state index is 12.9. The monoisotopic (exact) mass is 576 g/mol. The van der Waals surface area contributed by atoms with Crippen molar-refractivity contribution in [1.82, 2.24) is 9.21 Å². The Labute approximate surface area is 221 Å². The summed E-state index contributed by atoms with van der Waals surface area (Å²) in [6, 6.07) is 20.6. The summed E-state index contributed by atoms with van der Waals surface area (Å²) in [4.78, 5) is 14.3. The smallest absolute Gasteiger partial charge is 0.307 e. The van der Waals surface area contributed by atoms with E-state index in [-0.39, 0.29) is 6.42 Å². The van der Waals surface area contributed by atoms with Crippen molar-refractivity contribution in [2.75, 3.05) is 26.2 Å². The van der Waals surface area contributed by atoms with Gasteiger partial charge in [0.1, 0.15) is 23.3 Å². The Morgan fingerprint density at radius 2 is 1.63 bits per heavy atom. The van der Waals surface area contributed by atoms with E-state index in [9.17, 15) is 14.1 Å². The Morgan fingerprint density at radius 3 is 2.29 bits per heavy atom. The zero-order chi connectivity index (χ0) is 24.8. The molecule has 1 saturated heterocycles. The third kappa shape index (κ3) is 7.38. The number of hydrogen-bond donors (Lipinski definition) is 1. The topological polar surface area (TPSA) is 70.1 Å². The van der Waals surface area contributed by atoms with Crippen LogP contribution in [0.4, 0.5) is 0 Å². The van der Waals surface area contributed by atoms with Crippen molar-refractivity contribution in [3.05, 3.63) is 92.9 Å². The van der Waals surface area contributed by atoms with Gasteiger partial charge >= 0.3 is 5.97 Å². The van der Waals surface area contributed by atoms with Crippen LogP contribution in [0.15, 0.2) is 76.1 Å². The maximum Gasteiger partial charge on any atom is 0.307 e. The molecule has 1 fully saturated rings. The zero-order valence-electron chi connectivity index (χ0n) is 19.0. The molecule has 9 heteroatoms. The van der Waals surface area contributed by atoms with Crippen molar-refractivity contribution in [2.24, 2.45) is 0 Å². The van der Waals surface area contributed by atoms with Crippen molar-refractivity contribution < 1.29 is 18.8 Å². The third-order valence-corrected chi connectivity index (χ3v) is 8.05. The minimum atomic E-state index is -1.19. The van der Waals surface area contributed by atoms with Gasteiger partial charge in [-0.05, 0) is 53.6 Å². The SMILES string of the molecule is O=C(O)Cc1ccc(OCc2ccc(Cl)cc2)c(CN2CCN(S(=O)c3ccc(Br)cc3)CC2)c1. The van der Waals surface area contributed by atoms with E-state index in [1.54, 1.807) is 6.07 Å². The molecule has 0 aromatic heterocycles. The molecule has 184 valence electrons. The lowest BCUT2D eigenvalue weighted by atomic mass is 10.1. The Balaban J connectivity index is 1.41. The summed E-state index contributed by atoms with van der Waals surface area (Å²) >= 11 is 9.39. The number of aliphatic carboxylic acids is 1. The lowest BCUT2D eigenvalue weighted by molar-refractivity contribution is -0.136. The fraction of sp³-hybridized carbons (Fsp3) is 0.269. The predicted octanol–water partition coefficient (Wildman–Crippen LogP) is 5.15. The van der Waals surface area contributed by atoms with Gasteiger partial charge in [-0.2, -0.15) is 0 Å². The Kier molecular flexibility index (Phi) is 8.97. The molecule has 1 heterocycles. The molecule has 4 rings (SSSR count). The first-order chi connectivity index (χ1) is 16.9. The van der Waals surface area contributed by atoms with E-state index in [2.05, 4.69) is 20.8 Å². The number of carbonyl (C=O) groups is 1. The summed E-state index contributed by atoms with van der Waals surface area (Å²) in [5.74, 6) is -0.134. The fourth-order valence-electron chi connectivity index (χ4n) is 3.92. The van der Waals surface area contributed by atoms with Crippen LogP contribution in [0, 0.1) is 0 Å². The summed E-state index contributed by atoms with van der Waals surface area (Å²) < 4.78 is 22.0. The molecule has 0 saturated carbocycles. The molecule has 1 aliphatic heterocycles. The molecule has 0 aliphatic carbocycles. The molecular formula is C26H26BrClN2O4S. The van der Waals surface area contributed by atoms with Gasteiger partial charge in [-0.3, -0.25) is 9.69 Å². The molecule has 1 aliphatic rings. The van der Waals surface area contributed by atoms with Crippen LogP contribution in [-0.2, 0) is 35.4 Å². The molecule has 1 unspecified atom stereocenters. The largest absolute Gasteiger partial charge is 0.489 e. The molecule has 35 heavy (non-hydrogen) atoms. The van der Waals surface area contributed by atoms with Gasteiger partial charge in [-0.1, -0.05) is 51.8 Å². The summed E-state index contributed by atoms with van der Waals surface area (Å²) in [6.07, 6.45) is -0.0373. The van der Waals surface area contributed by atoms with Crippen molar-refractivity contribution in [2.45, 2.75) is 24.5 Å². The fourth-order valence-corrected chi connectivity index (χ4v) is 5.47. The van der Waals surface area contributed by atoms with E-state index in [1.807, 2.05) is 65.0 Å². The summed E-state index contributed by atoms with van der Waals surface area (Å²) in [5.41, 5.74) is 2.68. The maximum absolute atomic E-state index is 12.9. The van der Waals surface area contributed by atoms with Crippen LogP contribution in [0.1, 0.15) is 16.7 Å². The number of hydrogen-bond acceptors (Lipinski definition) is 4. The van der Waals surface area contributed by atoms with E-state index < -0.39 is 17.0 Å². The number of piperazine rings is 1. The van der Waals surface area contributed by atoms with Gasteiger partial charge in [-0.15, -0.1) is 0 Å². The lowest BCUT2D eigenvalue weighted by Gasteiger charge is -2.34. The van der Waals surface area contributed by atoms with Gasteiger partial charge in [0.2, 0.25) is 0 Å². The standard InChI is InChI=1S/C26H26BrClN2O4S/c27-22-4-8-24(9-5-22)35(33)30-13-11-29(12-14-30)17-21-15-20(16-26(31)32)3-10-25(21)34-18-19-1-6-23(28)7-2-19/h1-10,15H,11-14,16-18H2,(H,31,32). The van der Waals surface area contributed by atoms with Gasteiger partial charge < -0.3 is 9.84 Å². The lowest BCUT2D eigenvalue weighted by Crippen LogP contribution is -2.46. The van der Waals surface area contributed by atoms with Gasteiger partial charge in [0.05, 0.1) is 11.3 Å². The van der Waals surface area contributed by atoms with E-state index in [0.29, 0.717) is 31.3 Å². The van der Waals surface area contributed by atoms with Crippen LogP contribution in [0.25, 0.3) is 0 Å². The van der Waals surface area contributed by atoms with Gasteiger partial charge in [-0.25, -0.2) is 8.51 Å². The highest BCUT2D eigenvalue weighted by Gasteiger charge is 2.23. The first-order valence-corrected chi connectivity index (χ1v) is 13.5. The minimum Gasteiger partial charge on any atom is -0.489 e. The Hall–Kier alpha value is -2.23. The van der Waals surface area contributed by atoms with Crippen LogP contribution >= 0.6 is 27.5 Å². The Bertz CT molecular complexity index is 1180. The quantitative estimate of drug-likeness (QED) is 0.381. The molecule has 3 aromatic carbocycles. The molecule has 1 N–H and O–H groups in total.